The number of hydrogen-bond acceptors (Lipinski definition) is 3. The molecule has 1 aromatic heterocycles. The van der Waals surface area contributed by atoms with Gasteiger partial charge in [0.1, 0.15) is 5.75 Å². The number of aromatic hydroxyl groups is 1. The number of halogens is 2. The van der Waals surface area contributed by atoms with Gasteiger partial charge in [-0.25, -0.2) is 4.79 Å². The molecule has 2 aromatic carbocycles. The van der Waals surface area contributed by atoms with Crippen LogP contribution in [0.3, 0.4) is 0 Å². The van der Waals surface area contributed by atoms with Crippen molar-refractivity contribution in [3.8, 4) is 5.75 Å². The van der Waals surface area contributed by atoms with Crippen molar-refractivity contribution in [1.82, 2.24) is 15.2 Å². The number of aliphatic hydroxyl groups is 1. The van der Waals surface area contributed by atoms with Crippen molar-refractivity contribution in [2.75, 3.05) is 13.2 Å². The number of nitrogens with zero attached hydrogens (tertiary/aromatic N) is 1. The van der Waals surface area contributed by atoms with E-state index in [4.69, 9.17) is 23.2 Å². The molecule has 30 heavy (non-hydrogen) atoms. The first-order valence-electron chi connectivity index (χ1n) is 9.90. The number of H-pyrrole nitrogens is 1. The summed E-state index contributed by atoms with van der Waals surface area (Å²) in [6.07, 6.45) is 0.623. The summed E-state index contributed by atoms with van der Waals surface area (Å²) in [6, 6.07) is 9.81. The number of phenolic OH excluding ortho intramolecular Hbond substituents is 1. The molecule has 1 aliphatic rings. The third kappa shape index (κ3) is 4.36. The van der Waals surface area contributed by atoms with Crippen LogP contribution in [0.5, 0.6) is 5.75 Å². The van der Waals surface area contributed by atoms with Crippen LogP contribution in [0.1, 0.15) is 36.7 Å². The second-order valence-corrected chi connectivity index (χ2v) is 7.64. The van der Waals surface area contributed by atoms with Crippen LogP contribution in [0.2, 0.25) is 10.0 Å². The van der Waals surface area contributed by atoms with Gasteiger partial charge >= 0.3 is 6.03 Å². The minimum Gasteiger partial charge on any atom is -0.506 e. The molecule has 0 fully saturated rings. The average Bonchev–Trinajstić information content (AvgIpc) is 3.10. The van der Waals surface area contributed by atoms with E-state index in [2.05, 4.69) is 10.3 Å². The molecular formula is C22H25Cl2N3O3. The number of urea groups is 1. The van der Waals surface area contributed by atoms with Gasteiger partial charge in [0, 0.05) is 40.8 Å². The second kappa shape index (κ2) is 9.60. The fourth-order valence-corrected chi connectivity index (χ4v) is 4.11. The van der Waals surface area contributed by atoms with Gasteiger partial charge in [0.25, 0.3) is 0 Å². The summed E-state index contributed by atoms with van der Waals surface area (Å²) in [5.41, 5.74) is 3.40. The van der Waals surface area contributed by atoms with Gasteiger partial charge in [0.15, 0.2) is 0 Å². The molecule has 0 radical (unpaired) electrons. The van der Waals surface area contributed by atoms with Crippen LogP contribution in [0.4, 0.5) is 4.79 Å². The van der Waals surface area contributed by atoms with Gasteiger partial charge in [0.05, 0.1) is 17.7 Å². The van der Waals surface area contributed by atoms with E-state index in [0.29, 0.717) is 24.5 Å². The SMILES string of the molecule is CC.O=C(NCc1cccc(Cl)c1)N1CCc2c([nH]c3cc(O)c(Cl)cc23)C1CO. The van der Waals surface area contributed by atoms with Gasteiger partial charge in [-0.3, -0.25) is 0 Å². The topological polar surface area (TPSA) is 88.6 Å². The summed E-state index contributed by atoms with van der Waals surface area (Å²) in [7, 11) is 0. The van der Waals surface area contributed by atoms with E-state index in [1.54, 1.807) is 29.2 Å². The highest BCUT2D eigenvalue weighted by atomic mass is 35.5. The van der Waals surface area contributed by atoms with Gasteiger partial charge in [-0.05, 0) is 35.7 Å². The van der Waals surface area contributed by atoms with Gasteiger partial charge < -0.3 is 25.4 Å². The predicted octanol–water partition coefficient (Wildman–Crippen LogP) is 5.01. The van der Waals surface area contributed by atoms with E-state index in [1.807, 2.05) is 26.0 Å². The molecule has 0 saturated carbocycles. The molecule has 3 aromatic rings. The Hall–Kier alpha value is -2.41. The lowest BCUT2D eigenvalue weighted by atomic mass is 9.98. The number of benzene rings is 2. The molecule has 8 heteroatoms. The first-order valence-corrected chi connectivity index (χ1v) is 10.7. The molecule has 1 unspecified atom stereocenters. The molecule has 0 bridgehead atoms. The van der Waals surface area contributed by atoms with Gasteiger partial charge in [-0.2, -0.15) is 0 Å². The molecular weight excluding hydrogens is 425 g/mol. The maximum absolute atomic E-state index is 12.8. The van der Waals surface area contributed by atoms with Crippen molar-refractivity contribution >= 4 is 40.1 Å². The summed E-state index contributed by atoms with van der Waals surface area (Å²) in [5, 5.41) is 24.5. The number of carbonyl (C=O) groups excluding carboxylic acids is 1. The Morgan fingerprint density at radius 2 is 2.03 bits per heavy atom. The standard InChI is InChI=1S/C20H19Cl2N3O3.C2H6/c21-12-3-1-2-11(6-12)9-23-20(28)25-5-4-13-14-7-15(22)18(27)8-16(14)24-19(13)17(25)10-26;1-2/h1-3,6-8,17,24,26-27H,4-5,9-10H2,(H,23,28);1-2H3. The molecule has 4 N–H and O–H groups in total. The van der Waals surface area contributed by atoms with Crippen molar-refractivity contribution in [2.45, 2.75) is 32.9 Å². The van der Waals surface area contributed by atoms with Crippen molar-refractivity contribution in [1.29, 1.82) is 0 Å². The molecule has 1 atom stereocenters. The van der Waals surface area contributed by atoms with Crippen molar-refractivity contribution in [3.63, 3.8) is 0 Å². The molecule has 160 valence electrons. The molecule has 0 spiro atoms. The number of fused-ring (bicyclic) bond motifs is 3. The van der Waals surface area contributed by atoms with Gasteiger partial charge in [0.2, 0.25) is 0 Å². The Morgan fingerprint density at radius 1 is 1.27 bits per heavy atom. The van der Waals surface area contributed by atoms with E-state index in [1.165, 1.54) is 0 Å². The molecule has 0 saturated heterocycles. The number of aromatic amines is 1. The Kier molecular flexibility index (Phi) is 7.13. The second-order valence-electron chi connectivity index (χ2n) is 6.80. The third-order valence-corrected chi connectivity index (χ3v) is 5.62. The number of nitrogens with one attached hydrogen (secondary N) is 2. The lowest BCUT2D eigenvalue weighted by molar-refractivity contribution is 0.125. The zero-order chi connectivity index (χ0) is 21.8. The predicted molar refractivity (Wildman–Crippen MR) is 120 cm³/mol. The van der Waals surface area contributed by atoms with Crippen LogP contribution in [-0.4, -0.2) is 39.3 Å². The monoisotopic (exact) mass is 449 g/mol. The van der Waals surface area contributed by atoms with E-state index in [-0.39, 0.29) is 23.4 Å². The number of aliphatic hydroxyl groups excluding tert-OH is 1. The number of hydrogen-bond donors (Lipinski definition) is 4. The van der Waals surface area contributed by atoms with Crippen LogP contribution in [0.25, 0.3) is 10.9 Å². The van der Waals surface area contributed by atoms with Crippen LogP contribution in [-0.2, 0) is 13.0 Å². The first kappa shape index (κ1) is 22.3. The fraction of sp³-hybridized carbons (Fsp3) is 0.318. The van der Waals surface area contributed by atoms with E-state index in [9.17, 15) is 15.0 Å². The Balaban J connectivity index is 0.00000124. The fourth-order valence-electron chi connectivity index (χ4n) is 3.74. The number of phenols is 1. The zero-order valence-electron chi connectivity index (χ0n) is 16.9. The van der Waals surface area contributed by atoms with Crippen molar-refractivity contribution in [3.05, 3.63) is 63.3 Å². The highest BCUT2D eigenvalue weighted by Crippen LogP contribution is 2.38. The molecule has 4 rings (SSSR count). The molecule has 0 aliphatic carbocycles. The molecule has 2 heterocycles. The minimum absolute atomic E-state index is 0.00978. The summed E-state index contributed by atoms with van der Waals surface area (Å²) < 4.78 is 0. The normalized spacial score (nSPS) is 15.4. The van der Waals surface area contributed by atoms with Crippen LogP contribution >= 0.6 is 23.2 Å². The maximum atomic E-state index is 12.8. The minimum atomic E-state index is -0.503. The van der Waals surface area contributed by atoms with Gasteiger partial charge in [-0.1, -0.05) is 49.2 Å². The van der Waals surface area contributed by atoms with E-state index < -0.39 is 6.04 Å². The summed E-state index contributed by atoms with van der Waals surface area (Å²) >= 11 is 12.0. The van der Waals surface area contributed by atoms with Crippen molar-refractivity contribution in [2.24, 2.45) is 0 Å². The molecule has 1 aliphatic heterocycles. The summed E-state index contributed by atoms with van der Waals surface area (Å²) in [6.45, 7) is 4.59. The quantitative estimate of drug-likeness (QED) is 0.453. The van der Waals surface area contributed by atoms with E-state index in [0.717, 1.165) is 27.7 Å². The highest BCUT2D eigenvalue weighted by Gasteiger charge is 2.33. The van der Waals surface area contributed by atoms with Crippen LogP contribution in [0, 0.1) is 0 Å². The zero-order valence-corrected chi connectivity index (χ0v) is 18.4. The van der Waals surface area contributed by atoms with Gasteiger partial charge in [-0.15, -0.1) is 0 Å². The van der Waals surface area contributed by atoms with Crippen LogP contribution in [0.15, 0.2) is 36.4 Å². The number of aromatic nitrogens is 1. The Bertz CT molecular complexity index is 1050. The lowest BCUT2D eigenvalue weighted by Crippen LogP contribution is -2.46. The highest BCUT2D eigenvalue weighted by molar-refractivity contribution is 6.32. The Labute approximate surface area is 185 Å². The third-order valence-electron chi connectivity index (χ3n) is 5.09. The average molecular weight is 450 g/mol. The Morgan fingerprint density at radius 3 is 2.73 bits per heavy atom. The molecule has 6 nitrogen and oxygen atoms in total. The smallest absolute Gasteiger partial charge is 0.318 e. The van der Waals surface area contributed by atoms with Crippen LogP contribution < -0.4 is 5.32 Å². The number of carbonyl (C=O) groups is 1. The van der Waals surface area contributed by atoms with Crippen molar-refractivity contribution < 1.29 is 15.0 Å². The largest absolute Gasteiger partial charge is 0.506 e. The summed E-state index contributed by atoms with van der Waals surface area (Å²) in [5.74, 6) is -0.00978. The number of amides is 2. The summed E-state index contributed by atoms with van der Waals surface area (Å²) in [4.78, 5) is 17.6. The van der Waals surface area contributed by atoms with E-state index >= 15 is 0 Å². The maximum Gasteiger partial charge on any atom is 0.318 e. The first-order chi connectivity index (χ1) is 14.5. The number of rotatable bonds is 3. The lowest BCUT2D eigenvalue weighted by Gasteiger charge is -2.34. The molecule has 2 amide bonds.